The van der Waals surface area contributed by atoms with Gasteiger partial charge in [0, 0.05) is 24.7 Å². The number of nitrogens with one attached hydrogen (secondary N) is 2. The van der Waals surface area contributed by atoms with Crippen LogP contribution in [0.3, 0.4) is 0 Å². The van der Waals surface area contributed by atoms with Gasteiger partial charge < -0.3 is 20.3 Å². The van der Waals surface area contributed by atoms with Crippen molar-refractivity contribution >= 4 is 17.6 Å². The molecule has 2 unspecified atom stereocenters. The van der Waals surface area contributed by atoms with Crippen molar-refractivity contribution in [1.29, 1.82) is 0 Å². The number of amides is 3. The fraction of sp³-hybridized carbons (Fsp3) is 0.529. The molecule has 6 nitrogen and oxygen atoms in total. The zero-order valence-corrected chi connectivity index (χ0v) is 14.0. The third-order valence-corrected chi connectivity index (χ3v) is 3.91. The number of anilines is 1. The summed E-state index contributed by atoms with van der Waals surface area (Å²) < 4.78 is 5.40. The molecule has 1 aliphatic rings. The lowest BCUT2D eigenvalue weighted by Crippen LogP contribution is -2.46. The molecule has 0 bridgehead atoms. The van der Waals surface area contributed by atoms with Gasteiger partial charge in [-0.25, -0.2) is 4.79 Å². The van der Waals surface area contributed by atoms with E-state index in [0.29, 0.717) is 19.6 Å². The van der Waals surface area contributed by atoms with Crippen molar-refractivity contribution < 1.29 is 14.3 Å². The Labute approximate surface area is 137 Å². The summed E-state index contributed by atoms with van der Waals surface area (Å²) in [5, 5.41) is 5.72. The van der Waals surface area contributed by atoms with Crippen LogP contribution in [0.5, 0.6) is 5.75 Å². The fourth-order valence-electron chi connectivity index (χ4n) is 2.50. The van der Waals surface area contributed by atoms with Crippen LogP contribution in [0.15, 0.2) is 24.3 Å². The predicted molar refractivity (Wildman–Crippen MR) is 89.8 cm³/mol. The molecule has 1 aliphatic heterocycles. The fourth-order valence-corrected chi connectivity index (χ4v) is 2.50. The number of benzene rings is 1. The van der Waals surface area contributed by atoms with Gasteiger partial charge in [0.2, 0.25) is 5.91 Å². The summed E-state index contributed by atoms with van der Waals surface area (Å²) in [7, 11) is 0. The lowest BCUT2D eigenvalue weighted by Gasteiger charge is -2.19. The highest BCUT2D eigenvalue weighted by Gasteiger charge is 2.31. The molecule has 0 spiro atoms. The van der Waals surface area contributed by atoms with Gasteiger partial charge in [0.25, 0.3) is 0 Å². The molecule has 1 saturated heterocycles. The normalized spacial score (nSPS) is 18.7. The highest BCUT2D eigenvalue weighted by Crippen LogP contribution is 2.24. The highest BCUT2D eigenvalue weighted by atomic mass is 16.5. The monoisotopic (exact) mass is 319 g/mol. The Hall–Kier alpha value is -2.24. The first-order chi connectivity index (χ1) is 11.0. The number of hydrogen-bond donors (Lipinski definition) is 2. The summed E-state index contributed by atoms with van der Waals surface area (Å²) in [6.45, 7) is 6.99. The Morgan fingerprint density at radius 1 is 1.35 bits per heavy atom. The third kappa shape index (κ3) is 4.61. The van der Waals surface area contributed by atoms with Gasteiger partial charge >= 0.3 is 6.03 Å². The van der Waals surface area contributed by atoms with Crippen LogP contribution in [-0.4, -0.2) is 37.2 Å². The van der Waals surface area contributed by atoms with Crippen LogP contribution in [-0.2, 0) is 4.79 Å². The topological polar surface area (TPSA) is 70.7 Å². The maximum atomic E-state index is 12.2. The first-order valence-electron chi connectivity index (χ1n) is 8.13. The molecule has 23 heavy (non-hydrogen) atoms. The summed E-state index contributed by atoms with van der Waals surface area (Å²) in [6, 6.07) is 7.16. The molecule has 126 valence electrons. The number of urea groups is 1. The molecule has 0 saturated carbocycles. The molecule has 2 rings (SSSR count). The summed E-state index contributed by atoms with van der Waals surface area (Å²) in [5.41, 5.74) is 0.824. The van der Waals surface area contributed by atoms with E-state index in [9.17, 15) is 9.59 Å². The first kappa shape index (κ1) is 17.1. The average molecular weight is 319 g/mol. The Morgan fingerprint density at radius 3 is 2.65 bits per heavy atom. The van der Waals surface area contributed by atoms with E-state index < -0.39 is 0 Å². The number of hydrogen-bond acceptors (Lipinski definition) is 3. The van der Waals surface area contributed by atoms with Crippen molar-refractivity contribution in [3.05, 3.63) is 24.3 Å². The second-order valence-electron chi connectivity index (χ2n) is 5.76. The van der Waals surface area contributed by atoms with Crippen molar-refractivity contribution in [3.63, 3.8) is 0 Å². The van der Waals surface area contributed by atoms with Gasteiger partial charge in [-0.1, -0.05) is 6.92 Å². The molecular formula is C17H25N3O3. The van der Waals surface area contributed by atoms with Crippen LogP contribution >= 0.6 is 0 Å². The minimum Gasteiger partial charge on any atom is -0.494 e. The van der Waals surface area contributed by atoms with E-state index in [1.807, 2.05) is 45.0 Å². The van der Waals surface area contributed by atoms with Gasteiger partial charge in [-0.05, 0) is 44.5 Å². The maximum absolute atomic E-state index is 12.2. The minimum absolute atomic E-state index is 0.0167. The Balaban J connectivity index is 1.93. The van der Waals surface area contributed by atoms with Crippen LogP contribution in [0.2, 0.25) is 0 Å². The highest BCUT2D eigenvalue weighted by molar-refractivity contribution is 5.96. The Morgan fingerprint density at radius 2 is 2.04 bits per heavy atom. The molecule has 1 aromatic carbocycles. The lowest BCUT2D eigenvalue weighted by molar-refractivity contribution is -0.117. The standard InChI is InChI=1S/C17H25N3O3/c1-4-12(3)18-17(22)19-13-10-16(21)20(11-13)14-6-8-15(9-7-14)23-5-2/h6-9,12-13H,4-5,10-11H2,1-3H3,(H2,18,19,22). The van der Waals surface area contributed by atoms with Crippen molar-refractivity contribution in [2.45, 2.75) is 45.7 Å². The largest absolute Gasteiger partial charge is 0.494 e. The second kappa shape index (κ2) is 7.85. The van der Waals surface area contributed by atoms with Crippen LogP contribution in [0.4, 0.5) is 10.5 Å². The SMILES string of the molecule is CCOc1ccc(N2CC(NC(=O)NC(C)CC)CC2=O)cc1. The molecule has 0 aromatic heterocycles. The van der Waals surface area contributed by atoms with Crippen LogP contribution in [0.1, 0.15) is 33.6 Å². The van der Waals surface area contributed by atoms with Gasteiger partial charge in [-0.2, -0.15) is 0 Å². The quantitative estimate of drug-likeness (QED) is 0.845. The molecule has 1 fully saturated rings. The minimum atomic E-state index is -0.217. The number of carbonyl (C=O) groups is 2. The maximum Gasteiger partial charge on any atom is 0.315 e. The lowest BCUT2D eigenvalue weighted by atomic mass is 10.2. The number of rotatable bonds is 6. The van der Waals surface area contributed by atoms with Gasteiger partial charge in [0.05, 0.1) is 12.6 Å². The molecule has 1 aromatic rings. The Kier molecular flexibility index (Phi) is 5.84. The number of ether oxygens (including phenoxy) is 1. The molecule has 6 heteroatoms. The molecule has 2 N–H and O–H groups in total. The van der Waals surface area contributed by atoms with Crippen LogP contribution < -0.4 is 20.3 Å². The van der Waals surface area contributed by atoms with E-state index in [2.05, 4.69) is 10.6 Å². The molecular weight excluding hydrogens is 294 g/mol. The average Bonchev–Trinajstić information content (AvgIpc) is 2.88. The molecule has 0 radical (unpaired) electrons. The molecule has 1 heterocycles. The van der Waals surface area contributed by atoms with E-state index in [-0.39, 0.29) is 24.0 Å². The predicted octanol–water partition coefficient (Wildman–Crippen LogP) is 2.29. The zero-order valence-electron chi connectivity index (χ0n) is 14.0. The van der Waals surface area contributed by atoms with Gasteiger partial charge in [-0.3, -0.25) is 4.79 Å². The molecule has 0 aliphatic carbocycles. The molecule has 2 atom stereocenters. The zero-order chi connectivity index (χ0) is 16.8. The first-order valence-corrected chi connectivity index (χ1v) is 8.13. The van der Waals surface area contributed by atoms with Crippen molar-refractivity contribution in [2.24, 2.45) is 0 Å². The summed E-state index contributed by atoms with van der Waals surface area (Å²) in [6.07, 6.45) is 1.19. The van der Waals surface area contributed by atoms with Crippen molar-refractivity contribution in [1.82, 2.24) is 10.6 Å². The number of nitrogens with zero attached hydrogens (tertiary/aromatic N) is 1. The van der Waals surface area contributed by atoms with E-state index in [1.165, 1.54) is 0 Å². The van der Waals surface area contributed by atoms with Crippen LogP contribution in [0.25, 0.3) is 0 Å². The van der Waals surface area contributed by atoms with Gasteiger partial charge in [0.1, 0.15) is 5.75 Å². The number of carbonyl (C=O) groups excluding carboxylic acids is 2. The van der Waals surface area contributed by atoms with Crippen molar-refractivity contribution in [3.8, 4) is 5.75 Å². The smallest absolute Gasteiger partial charge is 0.315 e. The second-order valence-corrected chi connectivity index (χ2v) is 5.76. The Bertz CT molecular complexity index is 545. The van der Waals surface area contributed by atoms with E-state index in [4.69, 9.17) is 4.74 Å². The van der Waals surface area contributed by atoms with Gasteiger partial charge in [0.15, 0.2) is 0 Å². The van der Waals surface area contributed by atoms with Crippen molar-refractivity contribution in [2.75, 3.05) is 18.1 Å². The third-order valence-electron chi connectivity index (χ3n) is 3.91. The van der Waals surface area contributed by atoms with Crippen LogP contribution in [0, 0.1) is 0 Å². The summed E-state index contributed by atoms with van der Waals surface area (Å²) in [4.78, 5) is 25.7. The summed E-state index contributed by atoms with van der Waals surface area (Å²) in [5.74, 6) is 0.800. The molecule has 3 amide bonds. The van der Waals surface area contributed by atoms with Gasteiger partial charge in [-0.15, -0.1) is 0 Å². The van der Waals surface area contributed by atoms with E-state index >= 15 is 0 Å². The summed E-state index contributed by atoms with van der Waals surface area (Å²) >= 11 is 0. The van der Waals surface area contributed by atoms with E-state index in [1.54, 1.807) is 4.90 Å². The van der Waals surface area contributed by atoms with E-state index in [0.717, 1.165) is 17.9 Å².